The number of benzene rings is 2. The van der Waals surface area contributed by atoms with Gasteiger partial charge in [0.05, 0.1) is 18.3 Å². The molecule has 0 unspecified atom stereocenters. The van der Waals surface area contributed by atoms with E-state index in [0.717, 1.165) is 28.9 Å². The van der Waals surface area contributed by atoms with Crippen LogP contribution >= 0.6 is 0 Å². The highest BCUT2D eigenvalue weighted by molar-refractivity contribution is 5.96. The number of ether oxygens (including phenoxy) is 1. The van der Waals surface area contributed by atoms with E-state index in [1.165, 1.54) is 10.9 Å². The van der Waals surface area contributed by atoms with E-state index in [0.29, 0.717) is 5.95 Å². The normalized spacial score (nSPS) is 11.0. The highest BCUT2D eigenvalue weighted by atomic mass is 16.5. The molecule has 0 saturated heterocycles. The van der Waals surface area contributed by atoms with Crippen molar-refractivity contribution in [2.24, 2.45) is 0 Å². The molecule has 0 fully saturated rings. The van der Waals surface area contributed by atoms with Crippen LogP contribution in [-0.2, 0) is 6.42 Å². The van der Waals surface area contributed by atoms with Crippen molar-refractivity contribution in [3.05, 3.63) is 72.6 Å². The van der Waals surface area contributed by atoms with Gasteiger partial charge >= 0.3 is 0 Å². The van der Waals surface area contributed by atoms with Crippen LogP contribution in [0.3, 0.4) is 0 Å². The minimum atomic E-state index is 0.649. The Hall–Kier alpha value is -3.14. The van der Waals surface area contributed by atoms with Gasteiger partial charge in [0.15, 0.2) is 0 Å². The van der Waals surface area contributed by atoms with Crippen molar-refractivity contribution in [3.63, 3.8) is 0 Å². The highest BCUT2D eigenvalue weighted by Crippen LogP contribution is 2.39. The zero-order valence-electron chi connectivity index (χ0n) is 14.3. The fourth-order valence-electron chi connectivity index (χ4n) is 3.40. The van der Waals surface area contributed by atoms with Crippen LogP contribution in [0.1, 0.15) is 12.5 Å². The summed E-state index contributed by atoms with van der Waals surface area (Å²) in [5.74, 6) is 1.47. The molecule has 0 atom stereocenters. The summed E-state index contributed by atoms with van der Waals surface area (Å²) in [6.07, 6.45) is 4.45. The molecule has 2 aromatic carbocycles. The lowest BCUT2D eigenvalue weighted by Crippen LogP contribution is -2.03. The lowest BCUT2D eigenvalue weighted by molar-refractivity contribution is 0.418. The lowest BCUT2D eigenvalue weighted by atomic mass is 10.0. The van der Waals surface area contributed by atoms with E-state index < -0.39 is 0 Å². The minimum absolute atomic E-state index is 0.649. The van der Waals surface area contributed by atoms with Gasteiger partial charge in [0, 0.05) is 17.8 Å². The minimum Gasteiger partial charge on any atom is -0.495 e. The van der Waals surface area contributed by atoms with Crippen LogP contribution in [0.4, 0.5) is 0 Å². The maximum Gasteiger partial charge on any atom is 0.234 e. The molecule has 0 aliphatic rings. The fourth-order valence-corrected chi connectivity index (χ4v) is 3.40. The summed E-state index contributed by atoms with van der Waals surface area (Å²) in [5.41, 5.74) is 4.54. The van der Waals surface area contributed by atoms with Crippen molar-refractivity contribution >= 4 is 10.9 Å². The van der Waals surface area contributed by atoms with Gasteiger partial charge in [-0.15, -0.1) is 0 Å². The Labute approximate surface area is 146 Å². The molecule has 4 rings (SSSR count). The van der Waals surface area contributed by atoms with Gasteiger partial charge in [-0.2, -0.15) is 0 Å². The Kier molecular flexibility index (Phi) is 3.94. The number of aryl methyl sites for hydroxylation is 1. The smallest absolute Gasteiger partial charge is 0.234 e. The van der Waals surface area contributed by atoms with Gasteiger partial charge in [-0.3, -0.25) is 4.57 Å². The molecule has 2 heterocycles. The molecule has 0 aliphatic heterocycles. The van der Waals surface area contributed by atoms with E-state index in [1.54, 1.807) is 19.5 Å². The molecule has 0 saturated carbocycles. The first kappa shape index (κ1) is 15.4. The first-order valence-corrected chi connectivity index (χ1v) is 8.38. The standard InChI is InChI=1S/C21H19N3O/c1-3-16-17-11-7-12-18(25-2)20(17)24(21-22-13-8-14-23-21)19(16)15-9-5-4-6-10-15/h4-14H,3H2,1-2H3. The van der Waals surface area contributed by atoms with Crippen molar-refractivity contribution in [2.45, 2.75) is 13.3 Å². The van der Waals surface area contributed by atoms with E-state index in [-0.39, 0.29) is 0 Å². The second-order valence-electron chi connectivity index (χ2n) is 5.79. The Morgan fingerprint density at radius 3 is 2.36 bits per heavy atom. The number of fused-ring (bicyclic) bond motifs is 1. The van der Waals surface area contributed by atoms with Gasteiger partial charge in [0.25, 0.3) is 0 Å². The van der Waals surface area contributed by atoms with Gasteiger partial charge in [0.2, 0.25) is 5.95 Å². The number of nitrogens with zero attached hydrogens (tertiary/aromatic N) is 3. The molecule has 4 nitrogen and oxygen atoms in total. The first-order valence-electron chi connectivity index (χ1n) is 8.38. The second kappa shape index (κ2) is 6.40. The average Bonchev–Trinajstić information content (AvgIpc) is 3.03. The number of hydrogen-bond acceptors (Lipinski definition) is 3. The Balaban J connectivity index is 2.19. The van der Waals surface area contributed by atoms with Crippen LogP contribution in [0, 0.1) is 0 Å². The highest BCUT2D eigenvalue weighted by Gasteiger charge is 2.22. The van der Waals surface area contributed by atoms with Crippen LogP contribution in [0.2, 0.25) is 0 Å². The molecule has 25 heavy (non-hydrogen) atoms. The van der Waals surface area contributed by atoms with Crippen molar-refractivity contribution in [2.75, 3.05) is 7.11 Å². The molecule has 124 valence electrons. The van der Waals surface area contributed by atoms with Crippen molar-refractivity contribution in [3.8, 4) is 23.0 Å². The van der Waals surface area contributed by atoms with E-state index >= 15 is 0 Å². The van der Waals surface area contributed by atoms with Crippen molar-refractivity contribution in [1.82, 2.24) is 14.5 Å². The Bertz CT molecular complexity index is 1010. The molecular weight excluding hydrogens is 310 g/mol. The second-order valence-corrected chi connectivity index (χ2v) is 5.79. The topological polar surface area (TPSA) is 39.9 Å². The third-order valence-electron chi connectivity index (χ3n) is 4.43. The molecule has 0 spiro atoms. The van der Waals surface area contributed by atoms with E-state index in [1.807, 2.05) is 24.3 Å². The molecule has 4 aromatic rings. The predicted octanol–water partition coefficient (Wildman–Crippen LogP) is 4.66. The van der Waals surface area contributed by atoms with E-state index in [9.17, 15) is 0 Å². The quantitative estimate of drug-likeness (QED) is 0.547. The molecule has 0 bridgehead atoms. The SMILES string of the molecule is CCc1c(-c2ccccc2)n(-c2ncccn2)c2c(OC)cccc12. The lowest BCUT2D eigenvalue weighted by Gasteiger charge is -2.11. The van der Waals surface area contributed by atoms with Crippen molar-refractivity contribution in [1.29, 1.82) is 0 Å². The Morgan fingerprint density at radius 2 is 1.68 bits per heavy atom. The van der Waals surface area contributed by atoms with Gasteiger partial charge in [-0.1, -0.05) is 49.4 Å². The van der Waals surface area contributed by atoms with Gasteiger partial charge in [-0.25, -0.2) is 9.97 Å². The van der Waals surface area contributed by atoms with Gasteiger partial charge in [0.1, 0.15) is 5.75 Å². The number of para-hydroxylation sites is 1. The van der Waals surface area contributed by atoms with Crippen LogP contribution in [-0.4, -0.2) is 21.6 Å². The first-order chi connectivity index (χ1) is 12.3. The summed E-state index contributed by atoms with van der Waals surface area (Å²) in [6, 6.07) is 18.4. The zero-order valence-corrected chi connectivity index (χ0v) is 14.3. The number of aromatic nitrogens is 3. The van der Waals surface area contributed by atoms with Crippen LogP contribution in [0.5, 0.6) is 5.75 Å². The van der Waals surface area contributed by atoms with E-state index in [4.69, 9.17) is 4.74 Å². The molecule has 0 aliphatic carbocycles. The van der Waals surface area contributed by atoms with Gasteiger partial charge in [-0.05, 0) is 29.7 Å². The molecule has 0 radical (unpaired) electrons. The molecular formula is C21H19N3O. The largest absolute Gasteiger partial charge is 0.495 e. The van der Waals surface area contributed by atoms with Crippen LogP contribution in [0.25, 0.3) is 28.1 Å². The molecule has 4 heteroatoms. The fraction of sp³-hybridized carbons (Fsp3) is 0.143. The summed E-state index contributed by atoms with van der Waals surface area (Å²) >= 11 is 0. The summed E-state index contributed by atoms with van der Waals surface area (Å²) in [7, 11) is 1.70. The van der Waals surface area contributed by atoms with Crippen LogP contribution < -0.4 is 4.74 Å². The summed E-state index contributed by atoms with van der Waals surface area (Å²) in [5, 5.41) is 1.17. The predicted molar refractivity (Wildman–Crippen MR) is 100 cm³/mol. The maximum absolute atomic E-state index is 5.66. The summed E-state index contributed by atoms with van der Waals surface area (Å²) < 4.78 is 7.78. The third-order valence-corrected chi connectivity index (χ3v) is 4.43. The monoisotopic (exact) mass is 329 g/mol. The van der Waals surface area contributed by atoms with Gasteiger partial charge < -0.3 is 4.74 Å². The molecule has 0 amide bonds. The Morgan fingerprint density at radius 1 is 0.920 bits per heavy atom. The average molecular weight is 329 g/mol. The summed E-state index contributed by atoms with van der Waals surface area (Å²) in [6.45, 7) is 2.18. The van der Waals surface area contributed by atoms with Crippen molar-refractivity contribution < 1.29 is 4.74 Å². The number of methoxy groups -OCH3 is 1. The summed E-state index contributed by atoms with van der Waals surface area (Å²) in [4.78, 5) is 9.01. The molecule has 2 aromatic heterocycles. The molecule has 0 N–H and O–H groups in total. The zero-order chi connectivity index (χ0) is 17.2. The third kappa shape index (κ3) is 2.47. The number of rotatable bonds is 4. The maximum atomic E-state index is 5.66. The van der Waals surface area contributed by atoms with Crippen LogP contribution in [0.15, 0.2) is 67.0 Å². The van der Waals surface area contributed by atoms with E-state index in [2.05, 4.69) is 51.8 Å². The number of hydrogen-bond donors (Lipinski definition) is 0.